The summed E-state index contributed by atoms with van der Waals surface area (Å²) in [6.07, 6.45) is 17.4. The van der Waals surface area contributed by atoms with Crippen LogP contribution in [-0.4, -0.2) is 22.3 Å². The summed E-state index contributed by atoms with van der Waals surface area (Å²) in [6, 6.07) is 0. The van der Waals surface area contributed by atoms with Gasteiger partial charge in [0.15, 0.2) is 0 Å². The van der Waals surface area contributed by atoms with Gasteiger partial charge < -0.3 is 10.2 Å². The van der Waals surface area contributed by atoms with Crippen molar-refractivity contribution in [3.05, 3.63) is 12.2 Å². The Kier molecular flexibility index (Phi) is 21.2. The molecule has 0 aliphatic rings. The molecule has 0 aromatic rings. The maximum absolute atomic E-state index is 10.3. The molecule has 0 heterocycles. The fourth-order valence-electron chi connectivity index (χ4n) is 2.36. The van der Waals surface area contributed by atoms with Gasteiger partial charge in [-0.1, -0.05) is 64.0 Å². The van der Waals surface area contributed by atoms with Gasteiger partial charge in [-0.25, -0.2) is 0 Å². The SMILES string of the molecule is CCCCCCC(O)C/C=C\CCCCCCCC(=O)O.[Cd]. The maximum Gasteiger partial charge on any atom is 0.303 e. The first-order valence-corrected chi connectivity index (χ1v) is 8.71. The molecule has 0 bridgehead atoms. The molecule has 2 N–H and O–H groups in total. The topological polar surface area (TPSA) is 57.5 Å². The van der Waals surface area contributed by atoms with Crippen LogP contribution >= 0.6 is 0 Å². The molecular weight excluding hydrogens is 377 g/mol. The van der Waals surface area contributed by atoms with Crippen LogP contribution in [0.3, 0.4) is 0 Å². The van der Waals surface area contributed by atoms with Crippen molar-refractivity contribution in [2.75, 3.05) is 0 Å². The Morgan fingerprint density at radius 3 is 2.27 bits per heavy atom. The van der Waals surface area contributed by atoms with Crippen LogP contribution in [-0.2, 0) is 32.1 Å². The Labute approximate surface area is 156 Å². The van der Waals surface area contributed by atoms with Crippen LogP contribution in [0.25, 0.3) is 0 Å². The molecule has 0 saturated heterocycles. The molecule has 0 fully saturated rings. The standard InChI is InChI=1S/C18H34O3.Cd/c1-2-3-4-11-14-17(19)15-12-9-7-5-6-8-10-13-16-18(20)21;/h9,12,17,19H,2-8,10-11,13-16H2,1H3,(H,20,21);/b12-9-;. The van der Waals surface area contributed by atoms with Gasteiger partial charge in [0, 0.05) is 33.7 Å². The zero-order valence-corrected chi connectivity index (χ0v) is 18.5. The quantitative estimate of drug-likeness (QED) is 0.225. The van der Waals surface area contributed by atoms with Crippen molar-refractivity contribution in [2.45, 2.75) is 96.5 Å². The fraction of sp³-hybridized carbons (Fsp3) is 0.833. The van der Waals surface area contributed by atoms with Gasteiger partial charge in [-0.05, 0) is 32.1 Å². The molecule has 4 heteroatoms. The molecule has 0 spiro atoms. The van der Waals surface area contributed by atoms with Gasteiger partial charge in [-0.15, -0.1) is 0 Å². The van der Waals surface area contributed by atoms with E-state index < -0.39 is 5.97 Å². The van der Waals surface area contributed by atoms with E-state index in [0.29, 0.717) is 6.42 Å². The normalized spacial score (nSPS) is 12.3. The van der Waals surface area contributed by atoms with Crippen LogP contribution in [0.1, 0.15) is 90.4 Å². The van der Waals surface area contributed by atoms with Gasteiger partial charge in [-0.3, -0.25) is 4.79 Å². The number of carboxylic acid groups (broad SMARTS) is 1. The summed E-state index contributed by atoms with van der Waals surface area (Å²) in [7, 11) is 0. The first kappa shape index (κ1) is 24.3. The number of allylic oxidation sites excluding steroid dienone is 1. The Morgan fingerprint density at radius 2 is 1.59 bits per heavy atom. The van der Waals surface area contributed by atoms with E-state index in [2.05, 4.69) is 19.1 Å². The molecule has 22 heavy (non-hydrogen) atoms. The minimum atomic E-state index is -0.689. The van der Waals surface area contributed by atoms with E-state index in [4.69, 9.17) is 5.11 Å². The van der Waals surface area contributed by atoms with Gasteiger partial charge in [0.25, 0.3) is 0 Å². The van der Waals surface area contributed by atoms with Crippen molar-refractivity contribution in [3.8, 4) is 0 Å². The molecule has 3 nitrogen and oxygen atoms in total. The number of hydrogen-bond acceptors (Lipinski definition) is 2. The fourth-order valence-corrected chi connectivity index (χ4v) is 2.36. The molecule has 0 aliphatic carbocycles. The van der Waals surface area contributed by atoms with Crippen molar-refractivity contribution in [1.29, 1.82) is 0 Å². The molecule has 0 rings (SSSR count). The predicted molar refractivity (Wildman–Crippen MR) is 88.5 cm³/mol. The van der Waals surface area contributed by atoms with Crippen molar-refractivity contribution in [2.24, 2.45) is 0 Å². The number of carboxylic acids is 1. The molecule has 126 valence electrons. The van der Waals surface area contributed by atoms with Crippen LogP contribution in [0.4, 0.5) is 0 Å². The van der Waals surface area contributed by atoms with Crippen molar-refractivity contribution < 1.29 is 42.3 Å². The van der Waals surface area contributed by atoms with Gasteiger partial charge in [0.2, 0.25) is 0 Å². The third-order valence-electron chi connectivity index (χ3n) is 3.73. The molecule has 0 radical (unpaired) electrons. The van der Waals surface area contributed by atoms with E-state index in [1.165, 1.54) is 25.7 Å². The molecule has 1 unspecified atom stereocenters. The van der Waals surface area contributed by atoms with Crippen LogP contribution in [0.5, 0.6) is 0 Å². The number of unbranched alkanes of at least 4 members (excludes halogenated alkanes) is 8. The van der Waals surface area contributed by atoms with Gasteiger partial charge >= 0.3 is 5.97 Å². The van der Waals surface area contributed by atoms with Gasteiger partial charge in [0.1, 0.15) is 0 Å². The summed E-state index contributed by atoms with van der Waals surface area (Å²) in [5.41, 5.74) is 0. The number of carbonyl (C=O) groups is 1. The van der Waals surface area contributed by atoms with Crippen molar-refractivity contribution in [3.63, 3.8) is 0 Å². The molecule has 0 aromatic heterocycles. The van der Waals surface area contributed by atoms with E-state index in [0.717, 1.165) is 51.4 Å². The predicted octanol–water partition coefficient (Wildman–Crippen LogP) is 5.08. The number of rotatable bonds is 15. The van der Waals surface area contributed by atoms with Crippen LogP contribution in [0.2, 0.25) is 0 Å². The number of aliphatic hydroxyl groups excluding tert-OH is 1. The second-order valence-electron chi connectivity index (χ2n) is 5.91. The van der Waals surface area contributed by atoms with Crippen LogP contribution in [0, 0.1) is 0 Å². The molecule has 0 aromatic carbocycles. The molecule has 1 atom stereocenters. The summed E-state index contributed by atoms with van der Waals surface area (Å²) < 4.78 is 0. The summed E-state index contributed by atoms with van der Waals surface area (Å²) in [6.45, 7) is 2.20. The van der Waals surface area contributed by atoms with E-state index in [9.17, 15) is 9.90 Å². The number of aliphatic carboxylic acids is 1. The Balaban J connectivity index is 0. The van der Waals surface area contributed by atoms with E-state index in [1.807, 2.05) is 0 Å². The Morgan fingerprint density at radius 1 is 0.955 bits per heavy atom. The molecule has 0 amide bonds. The van der Waals surface area contributed by atoms with Crippen molar-refractivity contribution >= 4 is 5.97 Å². The Bertz CT molecular complexity index is 267. The first-order chi connectivity index (χ1) is 10.2. The second-order valence-corrected chi connectivity index (χ2v) is 5.91. The first-order valence-electron chi connectivity index (χ1n) is 8.71. The zero-order chi connectivity index (χ0) is 15.8. The average molecular weight is 411 g/mol. The van der Waals surface area contributed by atoms with Crippen molar-refractivity contribution in [1.82, 2.24) is 0 Å². The third kappa shape index (κ3) is 20.1. The monoisotopic (exact) mass is 412 g/mol. The minimum absolute atomic E-state index is 0. The zero-order valence-electron chi connectivity index (χ0n) is 14.4. The van der Waals surface area contributed by atoms with Crippen LogP contribution in [0.15, 0.2) is 12.2 Å². The number of hydrogen-bond donors (Lipinski definition) is 2. The summed E-state index contributed by atoms with van der Waals surface area (Å²) in [5.74, 6) is -0.689. The van der Waals surface area contributed by atoms with E-state index in [-0.39, 0.29) is 33.4 Å². The summed E-state index contributed by atoms with van der Waals surface area (Å²) in [5, 5.41) is 18.3. The van der Waals surface area contributed by atoms with E-state index >= 15 is 0 Å². The third-order valence-corrected chi connectivity index (χ3v) is 3.73. The summed E-state index contributed by atoms with van der Waals surface area (Å²) in [4.78, 5) is 10.3. The number of aliphatic hydroxyl groups is 1. The largest absolute Gasteiger partial charge is 0.481 e. The molecule has 0 saturated carbocycles. The van der Waals surface area contributed by atoms with Crippen LogP contribution < -0.4 is 0 Å². The minimum Gasteiger partial charge on any atom is -0.481 e. The smallest absolute Gasteiger partial charge is 0.303 e. The van der Waals surface area contributed by atoms with E-state index in [1.54, 1.807) is 0 Å². The molecular formula is C18H34CdO3. The van der Waals surface area contributed by atoms with Gasteiger partial charge in [-0.2, -0.15) is 0 Å². The van der Waals surface area contributed by atoms with Gasteiger partial charge in [0.05, 0.1) is 6.10 Å². The second kappa shape index (κ2) is 19.1. The Hall–Kier alpha value is 0.0921. The maximum atomic E-state index is 10.3. The average Bonchev–Trinajstić information content (AvgIpc) is 2.45. The summed E-state index contributed by atoms with van der Waals surface area (Å²) >= 11 is 0. The molecule has 0 aliphatic heterocycles.